The molecule has 0 saturated heterocycles. The summed E-state index contributed by atoms with van der Waals surface area (Å²) in [6.07, 6.45) is 2.33. The molecule has 0 aliphatic heterocycles. The Bertz CT molecular complexity index is 386. The molecule has 16 heavy (non-hydrogen) atoms. The zero-order valence-electron chi connectivity index (χ0n) is 9.09. The van der Waals surface area contributed by atoms with Gasteiger partial charge in [-0.25, -0.2) is 4.68 Å². The number of ether oxygens (including phenoxy) is 1. The average molecular weight is 226 g/mol. The van der Waals surface area contributed by atoms with Crippen molar-refractivity contribution in [3.05, 3.63) is 5.82 Å². The van der Waals surface area contributed by atoms with Gasteiger partial charge in [0, 0.05) is 7.11 Å². The second-order valence-electron chi connectivity index (χ2n) is 4.12. The zero-order chi connectivity index (χ0) is 11.6. The van der Waals surface area contributed by atoms with Gasteiger partial charge in [-0.1, -0.05) is 6.42 Å². The van der Waals surface area contributed by atoms with Gasteiger partial charge in [-0.2, -0.15) is 0 Å². The Hall–Kier alpha value is -1.50. The molecule has 7 heteroatoms. The van der Waals surface area contributed by atoms with E-state index in [9.17, 15) is 9.90 Å². The van der Waals surface area contributed by atoms with E-state index in [2.05, 4.69) is 15.5 Å². The quantitative estimate of drug-likeness (QED) is 0.764. The first-order valence-corrected chi connectivity index (χ1v) is 5.15. The molecule has 1 aromatic rings. The molecular weight excluding hydrogens is 212 g/mol. The maximum atomic E-state index is 11.2. The van der Waals surface area contributed by atoms with Crippen molar-refractivity contribution in [2.75, 3.05) is 7.11 Å². The van der Waals surface area contributed by atoms with E-state index in [0.29, 0.717) is 31.8 Å². The van der Waals surface area contributed by atoms with Gasteiger partial charge in [-0.3, -0.25) is 4.79 Å². The number of aliphatic carboxylic acids is 1. The molecule has 1 heterocycles. The first-order chi connectivity index (χ1) is 7.68. The Kier molecular flexibility index (Phi) is 2.86. The van der Waals surface area contributed by atoms with Crippen LogP contribution in [0.2, 0.25) is 0 Å². The van der Waals surface area contributed by atoms with E-state index in [0.717, 1.165) is 6.42 Å². The van der Waals surface area contributed by atoms with E-state index < -0.39 is 11.4 Å². The van der Waals surface area contributed by atoms with Crippen molar-refractivity contribution in [2.45, 2.75) is 32.4 Å². The van der Waals surface area contributed by atoms with Crippen molar-refractivity contribution >= 4 is 5.97 Å². The topological polar surface area (TPSA) is 90.1 Å². The van der Waals surface area contributed by atoms with Crippen molar-refractivity contribution < 1.29 is 14.6 Å². The van der Waals surface area contributed by atoms with Gasteiger partial charge in [-0.15, -0.1) is 5.10 Å². The minimum atomic E-state index is -0.766. The highest BCUT2D eigenvalue weighted by Crippen LogP contribution is 2.42. The summed E-state index contributed by atoms with van der Waals surface area (Å²) >= 11 is 0. The van der Waals surface area contributed by atoms with Crippen LogP contribution < -0.4 is 0 Å². The molecule has 1 fully saturated rings. The fourth-order valence-corrected chi connectivity index (χ4v) is 1.91. The van der Waals surface area contributed by atoms with Gasteiger partial charge >= 0.3 is 5.97 Å². The molecule has 0 unspecified atom stereocenters. The molecule has 0 aromatic carbocycles. The lowest BCUT2D eigenvalue weighted by Gasteiger charge is -2.37. The van der Waals surface area contributed by atoms with Crippen molar-refractivity contribution in [3.63, 3.8) is 0 Å². The van der Waals surface area contributed by atoms with Gasteiger partial charge in [0.15, 0.2) is 5.82 Å². The van der Waals surface area contributed by atoms with Crippen LogP contribution in [0.4, 0.5) is 0 Å². The molecule has 1 saturated carbocycles. The number of tetrazole rings is 1. The number of nitrogens with zero attached hydrogens (tertiary/aromatic N) is 4. The van der Waals surface area contributed by atoms with E-state index in [1.165, 1.54) is 4.68 Å². The lowest BCUT2D eigenvalue weighted by molar-refractivity contribution is -0.156. The second kappa shape index (κ2) is 4.17. The van der Waals surface area contributed by atoms with Crippen LogP contribution in [0.5, 0.6) is 0 Å². The predicted molar refractivity (Wildman–Crippen MR) is 52.4 cm³/mol. The van der Waals surface area contributed by atoms with Crippen LogP contribution in [0.25, 0.3) is 0 Å². The van der Waals surface area contributed by atoms with Crippen LogP contribution >= 0.6 is 0 Å². The Morgan fingerprint density at radius 1 is 1.62 bits per heavy atom. The number of carbonyl (C=O) groups is 1. The molecule has 0 spiro atoms. The minimum absolute atomic E-state index is 0.294. The smallest absolute Gasteiger partial charge is 0.311 e. The molecule has 2 rings (SSSR count). The Morgan fingerprint density at radius 2 is 2.38 bits per heavy atom. The van der Waals surface area contributed by atoms with Crippen LogP contribution in [0.1, 0.15) is 25.1 Å². The van der Waals surface area contributed by atoms with Crippen LogP contribution in [-0.4, -0.2) is 38.4 Å². The third-order valence-electron chi connectivity index (χ3n) is 3.10. The molecule has 0 atom stereocenters. The monoisotopic (exact) mass is 226 g/mol. The fourth-order valence-electron chi connectivity index (χ4n) is 1.91. The number of rotatable bonds is 5. The molecule has 1 aliphatic rings. The SMILES string of the molecule is COCc1nnnn1CC1(C(=O)O)CCC1. The normalized spacial score (nSPS) is 18.1. The maximum Gasteiger partial charge on any atom is 0.311 e. The molecule has 0 bridgehead atoms. The first kappa shape index (κ1) is 11.0. The summed E-state index contributed by atoms with van der Waals surface area (Å²) in [6, 6.07) is 0. The largest absolute Gasteiger partial charge is 0.481 e. The van der Waals surface area contributed by atoms with Gasteiger partial charge in [-0.05, 0) is 23.3 Å². The Morgan fingerprint density at radius 3 is 2.88 bits per heavy atom. The number of hydrogen-bond donors (Lipinski definition) is 1. The summed E-state index contributed by atoms with van der Waals surface area (Å²) in [5.74, 6) is -0.201. The highest BCUT2D eigenvalue weighted by atomic mass is 16.5. The third-order valence-corrected chi connectivity index (χ3v) is 3.10. The van der Waals surface area contributed by atoms with Crippen LogP contribution in [-0.2, 0) is 22.7 Å². The number of hydrogen-bond acceptors (Lipinski definition) is 5. The number of carboxylic acids is 1. The van der Waals surface area contributed by atoms with Crippen LogP contribution in [0, 0.1) is 5.41 Å². The van der Waals surface area contributed by atoms with Crippen molar-refractivity contribution in [2.24, 2.45) is 5.41 Å². The van der Waals surface area contributed by atoms with Crippen LogP contribution in [0.15, 0.2) is 0 Å². The van der Waals surface area contributed by atoms with Gasteiger partial charge in [0.05, 0.1) is 12.0 Å². The third kappa shape index (κ3) is 1.78. The van der Waals surface area contributed by atoms with Gasteiger partial charge < -0.3 is 9.84 Å². The van der Waals surface area contributed by atoms with Crippen molar-refractivity contribution in [1.29, 1.82) is 0 Å². The predicted octanol–water partition coefficient (Wildman–Crippen LogP) is 0.0744. The van der Waals surface area contributed by atoms with E-state index in [1.54, 1.807) is 7.11 Å². The van der Waals surface area contributed by atoms with E-state index >= 15 is 0 Å². The summed E-state index contributed by atoms with van der Waals surface area (Å²) in [6.45, 7) is 0.622. The standard InChI is InChI=1S/C9H14N4O3/c1-16-5-7-10-11-12-13(7)6-9(8(14)15)3-2-4-9/h2-6H2,1H3,(H,14,15). The summed E-state index contributed by atoms with van der Waals surface area (Å²) in [4.78, 5) is 11.2. The van der Waals surface area contributed by atoms with Crippen molar-refractivity contribution in [3.8, 4) is 0 Å². The van der Waals surface area contributed by atoms with E-state index in [1.807, 2.05) is 0 Å². The lowest BCUT2D eigenvalue weighted by atomic mass is 9.69. The Balaban J connectivity index is 2.13. The highest BCUT2D eigenvalue weighted by molar-refractivity contribution is 5.75. The van der Waals surface area contributed by atoms with Gasteiger partial charge in [0.2, 0.25) is 0 Å². The molecule has 1 N–H and O–H groups in total. The average Bonchev–Trinajstić information content (AvgIpc) is 2.59. The summed E-state index contributed by atoms with van der Waals surface area (Å²) in [7, 11) is 1.55. The summed E-state index contributed by atoms with van der Waals surface area (Å²) in [5, 5.41) is 20.3. The molecule has 7 nitrogen and oxygen atoms in total. The zero-order valence-corrected chi connectivity index (χ0v) is 9.09. The van der Waals surface area contributed by atoms with Crippen LogP contribution in [0.3, 0.4) is 0 Å². The Labute approximate surface area is 92.4 Å². The van der Waals surface area contributed by atoms with E-state index in [4.69, 9.17) is 4.74 Å². The number of aromatic nitrogens is 4. The summed E-state index contributed by atoms with van der Waals surface area (Å²) < 4.78 is 6.47. The molecule has 1 aromatic heterocycles. The maximum absolute atomic E-state index is 11.2. The number of carboxylic acid groups (broad SMARTS) is 1. The summed E-state index contributed by atoms with van der Waals surface area (Å²) in [5.41, 5.74) is -0.683. The first-order valence-electron chi connectivity index (χ1n) is 5.15. The molecular formula is C9H14N4O3. The second-order valence-corrected chi connectivity index (χ2v) is 4.12. The highest BCUT2D eigenvalue weighted by Gasteiger charge is 2.45. The lowest BCUT2D eigenvalue weighted by Crippen LogP contribution is -2.42. The molecule has 1 aliphatic carbocycles. The van der Waals surface area contributed by atoms with E-state index in [-0.39, 0.29) is 0 Å². The number of methoxy groups -OCH3 is 1. The molecule has 0 radical (unpaired) electrons. The molecule has 88 valence electrons. The van der Waals surface area contributed by atoms with Gasteiger partial charge in [0.25, 0.3) is 0 Å². The molecule has 0 amide bonds. The van der Waals surface area contributed by atoms with Gasteiger partial charge in [0.1, 0.15) is 6.61 Å². The fraction of sp³-hybridized carbons (Fsp3) is 0.778. The van der Waals surface area contributed by atoms with Crippen molar-refractivity contribution in [1.82, 2.24) is 20.2 Å². The minimum Gasteiger partial charge on any atom is -0.481 e.